The number of halogens is 1. The molecule has 1 aliphatic rings. The largest absolute Gasteiger partial charge is 0.507 e. The molecule has 1 aromatic rings. The van der Waals surface area contributed by atoms with E-state index in [2.05, 4.69) is 11.9 Å². The van der Waals surface area contributed by atoms with Gasteiger partial charge in [-0.15, -0.1) is 0 Å². The van der Waals surface area contributed by atoms with Crippen molar-refractivity contribution in [1.82, 2.24) is 9.80 Å². The molecule has 1 unspecified atom stereocenters. The molecule has 19 heavy (non-hydrogen) atoms. The number of nitrogens with zero attached hydrogens (tertiary/aromatic N) is 2. The smallest absolute Gasteiger partial charge is 0.253 e. The van der Waals surface area contributed by atoms with Crippen LogP contribution in [0.4, 0.5) is 0 Å². The summed E-state index contributed by atoms with van der Waals surface area (Å²) < 4.78 is 0.759. The van der Waals surface area contributed by atoms with Crippen molar-refractivity contribution >= 4 is 28.5 Å². The van der Waals surface area contributed by atoms with E-state index in [1.807, 2.05) is 29.6 Å². The summed E-state index contributed by atoms with van der Waals surface area (Å²) in [6.07, 6.45) is 1.14. The fraction of sp³-hybridized carbons (Fsp3) is 0.500. The van der Waals surface area contributed by atoms with Gasteiger partial charge in [0.1, 0.15) is 5.75 Å². The molecule has 5 heteroatoms. The molecule has 104 valence electrons. The lowest BCUT2D eigenvalue weighted by atomic mass is 10.1. The van der Waals surface area contributed by atoms with E-state index in [0.29, 0.717) is 11.5 Å². The van der Waals surface area contributed by atoms with Crippen LogP contribution in [0.1, 0.15) is 16.8 Å². The van der Waals surface area contributed by atoms with E-state index in [0.717, 1.165) is 29.6 Å². The molecule has 1 fully saturated rings. The quantitative estimate of drug-likeness (QED) is 0.824. The lowest BCUT2D eigenvalue weighted by molar-refractivity contribution is 0.0773. The van der Waals surface area contributed by atoms with Crippen LogP contribution in [0.15, 0.2) is 18.2 Å². The minimum Gasteiger partial charge on any atom is -0.507 e. The van der Waals surface area contributed by atoms with E-state index in [1.165, 1.54) is 0 Å². The van der Waals surface area contributed by atoms with Crippen molar-refractivity contribution in [2.45, 2.75) is 6.42 Å². The highest BCUT2D eigenvalue weighted by atomic mass is 127. The van der Waals surface area contributed by atoms with Gasteiger partial charge < -0.3 is 14.9 Å². The van der Waals surface area contributed by atoms with Crippen LogP contribution in [0.3, 0.4) is 0 Å². The standard InChI is InChI=1S/C14H19IN2O2/c1-16-6-5-10(8-16)9-17(2)14(19)11-3-4-12(15)13(18)7-11/h3-4,7,10,18H,5-6,8-9H2,1-2H3. The third-order valence-corrected chi connectivity index (χ3v) is 4.47. The van der Waals surface area contributed by atoms with Crippen LogP contribution in [0, 0.1) is 9.49 Å². The topological polar surface area (TPSA) is 43.8 Å². The Kier molecular flexibility index (Phi) is 4.67. The number of carbonyl (C=O) groups excluding carboxylic acids is 1. The van der Waals surface area contributed by atoms with E-state index in [1.54, 1.807) is 23.1 Å². The molecule has 1 aromatic carbocycles. The second-order valence-electron chi connectivity index (χ2n) is 5.27. The van der Waals surface area contributed by atoms with Crippen LogP contribution in [0.25, 0.3) is 0 Å². The number of amides is 1. The molecule has 1 amide bonds. The molecule has 0 bridgehead atoms. The number of aromatic hydroxyl groups is 1. The maximum atomic E-state index is 12.3. The van der Waals surface area contributed by atoms with E-state index in [4.69, 9.17) is 0 Å². The highest BCUT2D eigenvalue weighted by molar-refractivity contribution is 14.1. The first-order valence-corrected chi connectivity index (χ1v) is 7.47. The summed E-state index contributed by atoms with van der Waals surface area (Å²) in [4.78, 5) is 16.3. The van der Waals surface area contributed by atoms with Crippen LogP contribution in [-0.4, -0.2) is 54.5 Å². The van der Waals surface area contributed by atoms with Gasteiger partial charge in [-0.2, -0.15) is 0 Å². The Morgan fingerprint density at radius 3 is 2.89 bits per heavy atom. The third-order valence-electron chi connectivity index (χ3n) is 3.56. The summed E-state index contributed by atoms with van der Waals surface area (Å²) in [6.45, 7) is 2.93. The van der Waals surface area contributed by atoms with Crippen LogP contribution in [0.5, 0.6) is 5.75 Å². The van der Waals surface area contributed by atoms with E-state index in [9.17, 15) is 9.90 Å². The molecule has 1 N–H and O–H groups in total. The molecular weight excluding hydrogens is 355 g/mol. The van der Waals surface area contributed by atoms with Gasteiger partial charge in [0.05, 0.1) is 3.57 Å². The van der Waals surface area contributed by atoms with Crippen molar-refractivity contribution in [2.24, 2.45) is 5.92 Å². The summed E-state index contributed by atoms with van der Waals surface area (Å²) in [5, 5.41) is 9.66. The summed E-state index contributed by atoms with van der Waals surface area (Å²) >= 11 is 2.04. The number of likely N-dealkylation sites (tertiary alicyclic amines) is 1. The maximum absolute atomic E-state index is 12.3. The van der Waals surface area contributed by atoms with E-state index >= 15 is 0 Å². The summed E-state index contributed by atoms with van der Waals surface area (Å²) in [6, 6.07) is 5.07. The summed E-state index contributed by atoms with van der Waals surface area (Å²) in [5.41, 5.74) is 0.548. The number of hydrogen-bond acceptors (Lipinski definition) is 3. The Balaban J connectivity index is 2.00. The van der Waals surface area contributed by atoms with Crippen molar-refractivity contribution in [2.75, 3.05) is 33.7 Å². The summed E-state index contributed by atoms with van der Waals surface area (Å²) in [5.74, 6) is 0.693. The van der Waals surface area contributed by atoms with Gasteiger partial charge in [-0.1, -0.05) is 0 Å². The SMILES string of the molecule is CN1CCC(CN(C)C(=O)c2ccc(I)c(O)c2)C1. The normalized spacial score (nSPS) is 19.6. The zero-order valence-electron chi connectivity index (χ0n) is 11.3. The molecule has 1 aliphatic heterocycles. The zero-order valence-corrected chi connectivity index (χ0v) is 13.4. The number of hydrogen-bond donors (Lipinski definition) is 1. The van der Waals surface area contributed by atoms with Gasteiger partial charge in [0, 0.05) is 25.7 Å². The Bertz CT molecular complexity index is 479. The number of phenols is 1. The number of phenolic OH excluding ortho intramolecular Hbond substituents is 1. The number of rotatable bonds is 3. The van der Waals surface area contributed by atoms with E-state index < -0.39 is 0 Å². The Labute approximate surface area is 127 Å². The van der Waals surface area contributed by atoms with Crippen LogP contribution in [-0.2, 0) is 0 Å². The Morgan fingerprint density at radius 1 is 1.58 bits per heavy atom. The van der Waals surface area contributed by atoms with Crippen molar-refractivity contribution in [3.63, 3.8) is 0 Å². The minimum absolute atomic E-state index is 0.0266. The number of carbonyl (C=O) groups is 1. The van der Waals surface area contributed by atoms with Gasteiger partial charge in [0.25, 0.3) is 5.91 Å². The second-order valence-corrected chi connectivity index (χ2v) is 6.43. The van der Waals surface area contributed by atoms with Crippen molar-refractivity contribution < 1.29 is 9.90 Å². The lowest BCUT2D eigenvalue weighted by Crippen LogP contribution is -2.32. The molecule has 0 spiro atoms. The van der Waals surface area contributed by atoms with E-state index in [-0.39, 0.29) is 11.7 Å². The van der Waals surface area contributed by atoms with Crippen molar-refractivity contribution in [3.05, 3.63) is 27.3 Å². The van der Waals surface area contributed by atoms with Crippen molar-refractivity contribution in [3.8, 4) is 5.75 Å². The monoisotopic (exact) mass is 374 g/mol. The van der Waals surface area contributed by atoms with Crippen LogP contribution < -0.4 is 0 Å². The maximum Gasteiger partial charge on any atom is 0.253 e. The fourth-order valence-electron chi connectivity index (χ4n) is 2.51. The van der Waals surface area contributed by atoms with Crippen LogP contribution >= 0.6 is 22.6 Å². The first kappa shape index (κ1) is 14.6. The first-order valence-electron chi connectivity index (χ1n) is 6.40. The average Bonchev–Trinajstić information content (AvgIpc) is 2.77. The summed E-state index contributed by atoms with van der Waals surface area (Å²) in [7, 11) is 3.94. The van der Waals surface area contributed by atoms with Gasteiger partial charge >= 0.3 is 0 Å². The van der Waals surface area contributed by atoms with Gasteiger partial charge in [0.2, 0.25) is 0 Å². The lowest BCUT2D eigenvalue weighted by Gasteiger charge is -2.21. The minimum atomic E-state index is -0.0266. The average molecular weight is 374 g/mol. The predicted molar refractivity (Wildman–Crippen MR) is 83.4 cm³/mol. The Hall–Kier alpha value is -0.820. The Morgan fingerprint density at radius 2 is 2.32 bits per heavy atom. The highest BCUT2D eigenvalue weighted by Crippen LogP contribution is 2.22. The predicted octanol–water partition coefficient (Wildman–Crippen LogP) is 2.02. The molecule has 1 saturated heterocycles. The van der Waals surface area contributed by atoms with Gasteiger partial charge in [-0.05, 0) is 66.7 Å². The van der Waals surface area contributed by atoms with Gasteiger partial charge in [-0.3, -0.25) is 4.79 Å². The molecule has 0 aromatic heterocycles. The van der Waals surface area contributed by atoms with Gasteiger partial charge in [-0.25, -0.2) is 0 Å². The van der Waals surface area contributed by atoms with Crippen LogP contribution in [0.2, 0.25) is 0 Å². The molecule has 0 saturated carbocycles. The molecule has 1 heterocycles. The molecule has 0 radical (unpaired) electrons. The number of benzene rings is 1. The van der Waals surface area contributed by atoms with Crippen molar-refractivity contribution in [1.29, 1.82) is 0 Å². The molecule has 1 atom stereocenters. The second kappa shape index (κ2) is 6.09. The molecule has 0 aliphatic carbocycles. The first-order chi connectivity index (χ1) is 8.97. The third kappa shape index (κ3) is 3.60. The zero-order chi connectivity index (χ0) is 14.0. The highest BCUT2D eigenvalue weighted by Gasteiger charge is 2.23. The molecular formula is C14H19IN2O2. The fourth-order valence-corrected chi connectivity index (χ4v) is 2.85. The van der Waals surface area contributed by atoms with Gasteiger partial charge in [0.15, 0.2) is 0 Å². The molecule has 2 rings (SSSR count). The molecule has 4 nitrogen and oxygen atoms in total.